The van der Waals surface area contributed by atoms with Crippen LogP contribution in [0.1, 0.15) is 5.69 Å². The lowest BCUT2D eigenvalue weighted by molar-refractivity contribution is 1.10. The number of benzene rings is 1. The van der Waals surface area contributed by atoms with Crippen molar-refractivity contribution in [1.82, 2.24) is 20.3 Å². The highest BCUT2D eigenvalue weighted by Gasteiger charge is 2.14. The SMILES string of the molecule is CN/C=C(\C=N)c1nc(-c2ccc(Cl)cc2)cc2c(=O)[nH]cnc12. The van der Waals surface area contributed by atoms with Gasteiger partial charge >= 0.3 is 0 Å². The van der Waals surface area contributed by atoms with Crippen LogP contribution in [0.4, 0.5) is 0 Å². The fourth-order valence-electron chi connectivity index (χ4n) is 2.38. The molecule has 0 spiro atoms. The van der Waals surface area contributed by atoms with E-state index in [0.29, 0.717) is 32.9 Å². The van der Waals surface area contributed by atoms with E-state index < -0.39 is 0 Å². The van der Waals surface area contributed by atoms with Gasteiger partial charge in [0.15, 0.2) is 0 Å². The first-order valence-electron chi connectivity index (χ1n) is 7.16. The van der Waals surface area contributed by atoms with Crippen LogP contribution in [-0.4, -0.2) is 28.2 Å². The number of H-pyrrole nitrogens is 1. The average molecular weight is 340 g/mol. The van der Waals surface area contributed by atoms with Gasteiger partial charge in [0.1, 0.15) is 11.2 Å². The maximum atomic E-state index is 12.2. The van der Waals surface area contributed by atoms with Crippen molar-refractivity contribution >= 4 is 34.3 Å². The van der Waals surface area contributed by atoms with E-state index in [1.165, 1.54) is 12.5 Å². The third-order valence-corrected chi connectivity index (χ3v) is 3.75. The van der Waals surface area contributed by atoms with Crippen LogP contribution >= 0.6 is 11.6 Å². The molecule has 3 N–H and O–H groups in total. The molecule has 0 aliphatic rings. The molecule has 0 atom stereocenters. The van der Waals surface area contributed by atoms with Gasteiger partial charge in [0, 0.05) is 35.6 Å². The molecule has 0 amide bonds. The quantitative estimate of drug-likeness (QED) is 0.637. The zero-order valence-corrected chi connectivity index (χ0v) is 13.6. The average Bonchev–Trinajstić information content (AvgIpc) is 2.60. The fraction of sp³-hybridized carbons (Fsp3) is 0.0588. The Kier molecular flexibility index (Phi) is 4.39. The van der Waals surface area contributed by atoms with Gasteiger partial charge in [-0.1, -0.05) is 23.7 Å². The molecule has 0 unspecified atom stereocenters. The third kappa shape index (κ3) is 2.91. The summed E-state index contributed by atoms with van der Waals surface area (Å²) in [5.41, 5.74) is 2.61. The molecule has 24 heavy (non-hydrogen) atoms. The lowest BCUT2D eigenvalue weighted by Gasteiger charge is -2.09. The topological polar surface area (TPSA) is 94.5 Å². The summed E-state index contributed by atoms with van der Waals surface area (Å²) in [5, 5.41) is 11.5. The monoisotopic (exact) mass is 339 g/mol. The normalized spacial score (nSPS) is 11.5. The Morgan fingerprint density at radius 1 is 1.33 bits per heavy atom. The van der Waals surface area contributed by atoms with Crippen molar-refractivity contribution in [2.75, 3.05) is 7.05 Å². The van der Waals surface area contributed by atoms with Crippen LogP contribution in [-0.2, 0) is 0 Å². The van der Waals surface area contributed by atoms with Crippen molar-refractivity contribution in [1.29, 1.82) is 5.41 Å². The second kappa shape index (κ2) is 6.64. The van der Waals surface area contributed by atoms with Crippen molar-refractivity contribution in [3.05, 3.63) is 63.9 Å². The number of aromatic nitrogens is 3. The summed E-state index contributed by atoms with van der Waals surface area (Å²) in [4.78, 5) is 23.6. The predicted molar refractivity (Wildman–Crippen MR) is 96.4 cm³/mol. The summed E-state index contributed by atoms with van der Waals surface area (Å²) >= 11 is 5.93. The molecule has 0 fully saturated rings. The molecule has 0 bridgehead atoms. The number of nitrogens with one attached hydrogen (secondary N) is 3. The summed E-state index contributed by atoms with van der Waals surface area (Å²) in [7, 11) is 1.73. The molecular weight excluding hydrogens is 326 g/mol. The minimum atomic E-state index is -0.257. The Morgan fingerprint density at radius 2 is 2.08 bits per heavy atom. The van der Waals surface area contributed by atoms with Gasteiger partial charge in [-0.05, 0) is 18.2 Å². The van der Waals surface area contributed by atoms with E-state index in [9.17, 15) is 4.79 Å². The minimum absolute atomic E-state index is 0.257. The van der Waals surface area contributed by atoms with Gasteiger partial charge in [0.25, 0.3) is 5.56 Å². The number of allylic oxidation sites excluding steroid dienone is 1. The zero-order chi connectivity index (χ0) is 17.1. The molecule has 0 radical (unpaired) electrons. The van der Waals surface area contributed by atoms with Crippen LogP contribution in [0.3, 0.4) is 0 Å². The van der Waals surface area contributed by atoms with Crippen molar-refractivity contribution in [2.45, 2.75) is 0 Å². The van der Waals surface area contributed by atoms with Crippen molar-refractivity contribution in [3.8, 4) is 11.3 Å². The van der Waals surface area contributed by atoms with E-state index in [2.05, 4.69) is 20.3 Å². The van der Waals surface area contributed by atoms with Gasteiger partial charge in [-0.15, -0.1) is 0 Å². The first-order valence-corrected chi connectivity index (χ1v) is 7.54. The molecule has 3 aromatic rings. The maximum absolute atomic E-state index is 12.2. The molecular formula is C17H14ClN5O. The van der Waals surface area contributed by atoms with Crippen LogP contribution in [0.25, 0.3) is 27.7 Å². The van der Waals surface area contributed by atoms with Gasteiger partial charge in [0.2, 0.25) is 0 Å². The summed E-state index contributed by atoms with van der Waals surface area (Å²) in [6, 6.07) is 8.87. The Morgan fingerprint density at radius 3 is 2.75 bits per heavy atom. The molecule has 1 aromatic carbocycles. The second-order valence-electron chi connectivity index (χ2n) is 5.02. The summed E-state index contributed by atoms with van der Waals surface area (Å²) in [5.74, 6) is 0. The van der Waals surface area contributed by atoms with E-state index in [1.807, 2.05) is 12.1 Å². The minimum Gasteiger partial charge on any atom is -0.393 e. The van der Waals surface area contributed by atoms with Crippen LogP contribution in [0, 0.1) is 5.41 Å². The number of hydrogen-bond donors (Lipinski definition) is 3. The van der Waals surface area contributed by atoms with E-state index >= 15 is 0 Å². The predicted octanol–water partition coefficient (Wildman–Crippen LogP) is 2.85. The number of aromatic amines is 1. The molecule has 7 heteroatoms. The molecule has 0 saturated heterocycles. The van der Waals surface area contributed by atoms with Crippen molar-refractivity contribution in [3.63, 3.8) is 0 Å². The number of nitrogens with zero attached hydrogens (tertiary/aromatic N) is 2. The summed E-state index contributed by atoms with van der Waals surface area (Å²) in [6.45, 7) is 0. The molecule has 0 aliphatic heterocycles. The van der Waals surface area contributed by atoms with E-state index in [-0.39, 0.29) is 5.56 Å². The van der Waals surface area contributed by atoms with Crippen molar-refractivity contribution in [2.24, 2.45) is 0 Å². The maximum Gasteiger partial charge on any atom is 0.258 e. The number of fused-ring (bicyclic) bond motifs is 1. The van der Waals surface area contributed by atoms with Crippen LogP contribution < -0.4 is 10.9 Å². The highest BCUT2D eigenvalue weighted by atomic mass is 35.5. The molecule has 120 valence electrons. The number of pyridine rings is 1. The number of rotatable bonds is 4. The van der Waals surface area contributed by atoms with Crippen LogP contribution in [0.2, 0.25) is 5.02 Å². The van der Waals surface area contributed by atoms with Crippen molar-refractivity contribution < 1.29 is 0 Å². The molecule has 3 rings (SSSR count). The highest BCUT2D eigenvalue weighted by molar-refractivity contribution is 6.30. The lowest BCUT2D eigenvalue weighted by atomic mass is 10.1. The first kappa shape index (κ1) is 15.9. The van der Waals surface area contributed by atoms with Crippen LogP contribution in [0.5, 0.6) is 0 Å². The number of halogens is 1. The Hall–Kier alpha value is -2.99. The molecule has 2 heterocycles. The van der Waals surface area contributed by atoms with E-state index in [1.54, 1.807) is 31.4 Å². The highest BCUT2D eigenvalue weighted by Crippen LogP contribution is 2.26. The Balaban J connectivity index is 2.35. The first-order chi connectivity index (χ1) is 11.6. The van der Waals surface area contributed by atoms with Gasteiger partial charge in [0.05, 0.1) is 17.4 Å². The lowest BCUT2D eigenvalue weighted by Crippen LogP contribution is -2.10. The van der Waals surface area contributed by atoms with Gasteiger partial charge in [-0.25, -0.2) is 9.97 Å². The van der Waals surface area contributed by atoms with Crippen LogP contribution in [0.15, 0.2) is 47.7 Å². The Labute approximate surface area is 142 Å². The summed E-state index contributed by atoms with van der Waals surface area (Å²) in [6.07, 6.45) is 4.15. The van der Waals surface area contributed by atoms with E-state index in [0.717, 1.165) is 5.56 Å². The zero-order valence-electron chi connectivity index (χ0n) is 12.8. The molecule has 6 nitrogen and oxygen atoms in total. The van der Waals surface area contributed by atoms with Gasteiger partial charge < -0.3 is 15.7 Å². The standard InChI is InChI=1S/C17H14ClN5O/c1-20-8-11(7-19)15-16-13(17(24)22-9-21-16)6-14(23-15)10-2-4-12(18)5-3-10/h2-9,19-20H,1H3,(H,21,22,24)/b11-8+,19-7?. The summed E-state index contributed by atoms with van der Waals surface area (Å²) < 4.78 is 0. The molecule has 0 aliphatic carbocycles. The molecule has 2 aromatic heterocycles. The van der Waals surface area contributed by atoms with Gasteiger partial charge in [-0.2, -0.15) is 0 Å². The van der Waals surface area contributed by atoms with E-state index in [4.69, 9.17) is 17.0 Å². The van der Waals surface area contributed by atoms with Gasteiger partial charge in [-0.3, -0.25) is 4.79 Å². The smallest absolute Gasteiger partial charge is 0.258 e. The number of hydrogen-bond acceptors (Lipinski definition) is 5. The second-order valence-corrected chi connectivity index (χ2v) is 5.46. The third-order valence-electron chi connectivity index (χ3n) is 3.50. The Bertz CT molecular complexity index is 992. The largest absolute Gasteiger partial charge is 0.393 e. The molecule has 0 saturated carbocycles. The fourth-order valence-corrected chi connectivity index (χ4v) is 2.50.